The van der Waals surface area contributed by atoms with Crippen molar-refractivity contribution in [2.75, 3.05) is 0 Å². The van der Waals surface area contributed by atoms with E-state index in [1.54, 1.807) is 0 Å². The Labute approximate surface area is 199 Å². The molecule has 0 amide bonds. The summed E-state index contributed by atoms with van der Waals surface area (Å²) in [5, 5.41) is 0.723. The van der Waals surface area contributed by atoms with Crippen LogP contribution in [0.5, 0.6) is 0 Å². The second-order valence-corrected chi connectivity index (χ2v) is 10.5. The number of benzene rings is 2. The smallest absolute Gasteiger partial charge is 0.306 e. The van der Waals surface area contributed by atoms with E-state index in [0.717, 1.165) is 25.7 Å². The summed E-state index contributed by atoms with van der Waals surface area (Å²) >= 11 is 2.01. The molecule has 2 aromatic carbocycles. The van der Waals surface area contributed by atoms with Gasteiger partial charge in [0.15, 0.2) is 0 Å². The predicted octanol–water partition coefficient (Wildman–Crippen LogP) is 8.83. The Morgan fingerprint density at radius 2 is 1.22 bits per heavy atom. The molecule has 2 nitrogen and oxygen atoms in total. The normalized spacial score (nSPS) is 20.7. The average Bonchev–Trinajstić information content (AvgIpc) is 2.84. The van der Waals surface area contributed by atoms with E-state index in [1.807, 2.05) is 11.8 Å². The van der Waals surface area contributed by atoms with Gasteiger partial charge in [0, 0.05) is 29.8 Å². The number of unbranched alkanes of at least 4 members (excludes halogenated alkanes) is 8. The van der Waals surface area contributed by atoms with Crippen LogP contribution in [-0.4, -0.2) is 12.1 Å². The highest BCUT2D eigenvalue weighted by atomic mass is 32.2. The van der Waals surface area contributed by atoms with Gasteiger partial charge in [-0.05, 0) is 17.5 Å². The van der Waals surface area contributed by atoms with E-state index in [2.05, 4.69) is 67.6 Å². The number of rotatable bonds is 13. The van der Waals surface area contributed by atoms with Crippen LogP contribution < -0.4 is 0 Å². The third-order valence-electron chi connectivity index (χ3n) is 6.41. The summed E-state index contributed by atoms with van der Waals surface area (Å²) in [4.78, 5) is 12.6. The van der Waals surface area contributed by atoms with Crippen molar-refractivity contribution in [2.24, 2.45) is 0 Å². The monoisotopic (exact) mass is 452 g/mol. The zero-order valence-corrected chi connectivity index (χ0v) is 20.5. The molecule has 3 heteroatoms. The van der Waals surface area contributed by atoms with E-state index in [0.29, 0.717) is 16.9 Å². The largest absolute Gasteiger partial charge is 0.462 e. The predicted molar refractivity (Wildman–Crippen MR) is 137 cm³/mol. The summed E-state index contributed by atoms with van der Waals surface area (Å²) in [5.41, 5.74) is 2.66. The zero-order chi connectivity index (χ0) is 22.4. The van der Waals surface area contributed by atoms with Crippen molar-refractivity contribution in [3.63, 3.8) is 0 Å². The fourth-order valence-corrected chi connectivity index (χ4v) is 6.25. The molecule has 1 fully saturated rings. The number of carbonyl (C=O) groups excluding carboxylic acids is 1. The number of esters is 1. The van der Waals surface area contributed by atoms with Crippen molar-refractivity contribution in [1.29, 1.82) is 0 Å². The zero-order valence-electron chi connectivity index (χ0n) is 19.7. The van der Waals surface area contributed by atoms with E-state index in [-0.39, 0.29) is 12.1 Å². The molecule has 1 heterocycles. The van der Waals surface area contributed by atoms with Gasteiger partial charge in [0.1, 0.15) is 6.10 Å². The summed E-state index contributed by atoms with van der Waals surface area (Å²) in [6.07, 6.45) is 13.8. The lowest BCUT2D eigenvalue weighted by molar-refractivity contribution is -0.150. The van der Waals surface area contributed by atoms with Gasteiger partial charge in [-0.1, -0.05) is 119 Å². The van der Waals surface area contributed by atoms with Crippen molar-refractivity contribution < 1.29 is 9.53 Å². The maximum absolute atomic E-state index is 12.6. The fraction of sp³-hybridized carbons (Fsp3) is 0.552. The second kappa shape index (κ2) is 14.4. The lowest BCUT2D eigenvalue weighted by Gasteiger charge is -2.35. The molecule has 174 valence electrons. The molecule has 0 aromatic heterocycles. The lowest BCUT2D eigenvalue weighted by Crippen LogP contribution is -2.26. The Morgan fingerprint density at radius 1 is 0.750 bits per heavy atom. The molecule has 1 unspecified atom stereocenters. The minimum atomic E-state index is -0.0107. The topological polar surface area (TPSA) is 26.3 Å². The molecule has 2 aromatic rings. The highest BCUT2D eigenvalue weighted by molar-refractivity contribution is 7.99. The third-order valence-corrected chi connectivity index (χ3v) is 7.99. The maximum Gasteiger partial charge on any atom is 0.306 e. The Morgan fingerprint density at radius 3 is 1.72 bits per heavy atom. The molecule has 1 aliphatic rings. The van der Waals surface area contributed by atoms with E-state index in [9.17, 15) is 4.79 Å². The van der Waals surface area contributed by atoms with Gasteiger partial charge < -0.3 is 4.74 Å². The molecule has 3 rings (SSSR count). The molecule has 0 radical (unpaired) electrons. The Hall–Kier alpha value is -1.74. The van der Waals surface area contributed by atoms with Crippen molar-refractivity contribution in [3.8, 4) is 0 Å². The molecule has 3 atom stereocenters. The molecule has 0 N–H and O–H groups in total. The Kier molecular flexibility index (Phi) is 11.2. The van der Waals surface area contributed by atoms with Gasteiger partial charge in [0.25, 0.3) is 0 Å². The number of thioether (sulfide) groups is 1. The average molecular weight is 453 g/mol. The first kappa shape index (κ1) is 24.9. The van der Waals surface area contributed by atoms with E-state index in [1.165, 1.54) is 56.1 Å². The fourth-order valence-electron chi connectivity index (χ4n) is 4.57. The molecule has 1 saturated heterocycles. The van der Waals surface area contributed by atoms with Crippen molar-refractivity contribution in [1.82, 2.24) is 0 Å². The first-order valence-electron chi connectivity index (χ1n) is 12.7. The van der Waals surface area contributed by atoms with Crippen molar-refractivity contribution >= 4 is 17.7 Å². The molecule has 1 aliphatic heterocycles. The first-order chi connectivity index (χ1) is 15.8. The van der Waals surface area contributed by atoms with E-state index >= 15 is 0 Å². The van der Waals surface area contributed by atoms with E-state index in [4.69, 9.17) is 4.74 Å². The third kappa shape index (κ3) is 8.65. The highest BCUT2D eigenvalue weighted by Crippen LogP contribution is 2.50. The highest BCUT2D eigenvalue weighted by Gasteiger charge is 2.33. The van der Waals surface area contributed by atoms with Crippen LogP contribution in [0.15, 0.2) is 60.7 Å². The number of hydrogen-bond donors (Lipinski definition) is 0. The van der Waals surface area contributed by atoms with Crippen LogP contribution in [0.2, 0.25) is 0 Å². The quantitative estimate of drug-likeness (QED) is 0.224. The summed E-state index contributed by atoms with van der Waals surface area (Å²) in [6.45, 7) is 2.26. The molecular formula is C29H40O2S. The van der Waals surface area contributed by atoms with Gasteiger partial charge in [0.05, 0.1) is 0 Å². The second-order valence-electron chi connectivity index (χ2n) is 9.10. The van der Waals surface area contributed by atoms with Crippen LogP contribution in [-0.2, 0) is 9.53 Å². The minimum Gasteiger partial charge on any atom is -0.462 e. The van der Waals surface area contributed by atoms with Crippen molar-refractivity contribution in [3.05, 3.63) is 71.8 Å². The van der Waals surface area contributed by atoms with Crippen LogP contribution >= 0.6 is 11.8 Å². The van der Waals surface area contributed by atoms with Gasteiger partial charge >= 0.3 is 5.97 Å². The molecular weight excluding hydrogens is 412 g/mol. The van der Waals surface area contributed by atoms with Crippen molar-refractivity contribution in [2.45, 2.75) is 101 Å². The van der Waals surface area contributed by atoms with Crippen LogP contribution in [0, 0.1) is 0 Å². The Bertz CT molecular complexity index is 714. The van der Waals surface area contributed by atoms with Gasteiger partial charge in [-0.15, -0.1) is 11.8 Å². The van der Waals surface area contributed by atoms with Gasteiger partial charge in [0.2, 0.25) is 0 Å². The lowest BCUT2D eigenvalue weighted by atomic mass is 9.99. The SMILES string of the molecule is CCCCCCCCCCCC(=O)OC1C[C@@H](c2ccccc2)S[C@@H](c2ccccc2)C1. The van der Waals surface area contributed by atoms with E-state index < -0.39 is 0 Å². The number of ether oxygens (including phenoxy) is 1. The molecule has 0 saturated carbocycles. The molecule has 32 heavy (non-hydrogen) atoms. The number of hydrogen-bond acceptors (Lipinski definition) is 3. The molecule has 0 spiro atoms. The van der Waals surface area contributed by atoms with Gasteiger partial charge in [-0.2, -0.15) is 0 Å². The van der Waals surface area contributed by atoms with Crippen LogP contribution in [0.1, 0.15) is 106 Å². The Balaban J connectivity index is 1.45. The summed E-state index contributed by atoms with van der Waals surface area (Å²) in [6, 6.07) is 21.3. The minimum absolute atomic E-state index is 0.00210. The molecule has 0 aliphatic carbocycles. The van der Waals surface area contributed by atoms with Crippen LogP contribution in [0.25, 0.3) is 0 Å². The number of carbonyl (C=O) groups is 1. The first-order valence-corrected chi connectivity index (χ1v) is 13.7. The summed E-state index contributed by atoms with van der Waals surface area (Å²) < 4.78 is 6.01. The van der Waals surface area contributed by atoms with Gasteiger partial charge in [-0.25, -0.2) is 0 Å². The van der Waals surface area contributed by atoms with Crippen LogP contribution in [0.4, 0.5) is 0 Å². The standard InChI is InChI=1S/C29H40O2S/c1-2-3-4-5-6-7-8-9-16-21-29(30)31-26-22-27(24-17-12-10-13-18-24)32-28(23-26)25-19-14-11-15-20-25/h10-15,17-20,26-28H,2-9,16,21-23H2,1H3/t26?,27-,28+. The summed E-state index contributed by atoms with van der Waals surface area (Å²) in [5.74, 6) is -0.0107. The summed E-state index contributed by atoms with van der Waals surface area (Å²) in [7, 11) is 0. The molecule has 0 bridgehead atoms. The van der Waals surface area contributed by atoms with Gasteiger partial charge in [-0.3, -0.25) is 4.79 Å². The van der Waals surface area contributed by atoms with Crippen LogP contribution in [0.3, 0.4) is 0 Å². The maximum atomic E-state index is 12.6.